The molecule has 4 heteroatoms. The summed E-state index contributed by atoms with van der Waals surface area (Å²) in [4.78, 5) is 8.24. The summed E-state index contributed by atoms with van der Waals surface area (Å²) in [5.74, 6) is 0. The van der Waals surface area contributed by atoms with E-state index in [0.717, 1.165) is 17.9 Å². The van der Waals surface area contributed by atoms with E-state index in [1.807, 2.05) is 24.5 Å². The van der Waals surface area contributed by atoms with E-state index in [4.69, 9.17) is 0 Å². The third-order valence-electron chi connectivity index (χ3n) is 2.71. The molecule has 2 aromatic rings. The van der Waals surface area contributed by atoms with Gasteiger partial charge in [0, 0.05) is 25.0 Å². The maximum Gasteiger partial charge on any atom is 0.0552 e. The summed E-state index contributed by atoms with van der Waals surface area (Å²) >= 11 is 0. The third-order valence-corrected chi connectivity index (χ3v) is 2.71. The Labute approximate surface area is 107 Å². The second-order valence-corrected chi connectivity index (χ2v) is 4.14. The SMILES string of the molecule is CCNc1cncc(NC(C)c2ccncc2)c1. The van der Waals surface area contributed by atoms with Crippen molar-refractivity contribution in [2.24, 2.45) is 0 Å². The van der Waals surface area contributed by atoms with E-state index in [2.05, 4.69) is 40.5 Å². The van der Waals surface area contributed by atoms with Gasteiger partial charge in [-0.15, -0.1) is 0 Å². The monoisotopic (exact) mass is 242 g/mol. The lowest BCUT2D eigenvalue weighted by Gasteiger charge is -2.16. The molecular weight excluding hydrogens is 224 g/mol. The van der Waals surface area contributed by atoms with Crippen molar-refractivity contribution < 1.29 is 0 Å². The number of nitrogens with zero attached hydrogens (tertiary/aromatic N) is 2. The molecule has 94 valence electrons. The summed E-state index contributed by atoms with van der Waals surface area (Å²) in [6.45, 7) is 5.08. The molecule has 2 aromatic heterocycles. The fourth-order valence-electron chi connectivity index (χ4n) is 1.81. The minimum absolute atomic E-state index is 0.228. The second-order valence-electron chi connectivity index (χ2n) is 4.14. The fraction of sp³-hybridized carbons (Fsp3) is 0.286. The Kier molecular flexibility index (Phi) is 4.12. The number of aromatic nitrogens is 2. The highest BCUT2D eigenvalue weighted by molar-refractivity contribution is 5.54. The quantitative estimate of drug-likeness (QED) is 0.846. The summed E-state index contributed by atoms with van der Waals surface area (Å²) in [5, 5.41) is 6.68. The van der Waals surface area contributed by atoms with Gasteiger partial charge < -0.3 is 10.6 Å². The zero-order chi connectivity index (χ0) is 12.8. The lowest BCUT2D eigenvalue weighted by atomic mass is 10.1. The minimum atomic E-state index is 0.228. The molecule has 0 bridgehead atoms. The number of hydrogen-bond acceptors (Lipinski definition) is 4. The van der Waals surface area contributed by atoms with Crippen molar-refractivity contribution >= 4 is 11.4 Å². The summed E-state index contributed by atoms with van der Waals surface area (Å²) in [6, 6.07) is 6.32. The molecule has 0 fully saturated rings. The van der Waals surface area contributed by atoms with E-state index in [1.54, 1.807) is 12.4 Å². The molecule has 0 saturated heterocycles. The number of rotatable bonds is 5. The predicted octanol–water partition coefficient (Wildman–Crippen LogP) is 3.08. The number of pyridine rings is 2. The van der Waals surface area contributed by atoms with Crippen molar-refractivity contribution in [1.82, 2.24) is 9.97 Å². The molecule has 0 radical (unpaired) electrons. The molecule has 2 N–H and O–H groups in total. The van der Waals surface area contributed by atoms with Gasteiger partial charge in [-0.2, -0.15) is 0 Å². The first-order chi connectivity index (χ1) is 8.79. The highest BCUT2D eigenvalue weighted by Crippen LogP contribution is 2.20. The average molecular weight is 242 g/mol. The lowest BCUT2D eigenvalue weighted by Crippen LogP contribution is -2.07. The molecule has 2 rings (SSSR count). The van der Waals surface area contributed by atoms with E-state index < -0.39 is 0 Å². The number of hydrogen-bond donors (Lipinski definition) is 2. The van der Waals surface area contributed by atoms with Gasteiger partial charge in [0.15, 0.2) is 0 Å². The fourth-order valence-corrected chi connectivity index (χ4v) is 1.81. The summed E-state index contributed by atoms with van der Waals surface area (Å²) in [7, 11) is 0. The van der Waals surface area contributed by atoms with E-state index in [9.17, 15) is 0 Å². The van der Waals surface area contributed by atoms with Crippen LogP contribution < -0.4 is 10.6 Å². The highest BCUT2D eigenvalue weighted by atomic mass is 14.9. The van der Waals surface area contributed by atoms with Crippen molar-refractivity contribution in [1.29, 1.82) is 0 Å². The summed E-state index contributed by atoms with van der Waals surface area (Å²) < 4.78 is 0. The van der Waals surface area contributed by atoms with Crippen LogP contribution in [0.15, 0.2) is 43.0 Å². The van der Waals surface area contributed by atoms with Crippen molar-refractivity contribution in [2.75, 3.05) is 17.2 Å². The second kappa shape index (κ2) is 6.00. The first-order valence-electron chi connectivity index (χ1n) is 6.15. The van der Waals surface area contributed by atoms with Crippen LogP contribution in [-0.2, 0) is 0 Å². The van der Waals surface area contributed by atoms with Crippen LogP contribution in [0.2, 0.25) is 0 Å². The molecule has 4 nitrogen and oxygen atoms in total. The Balaban J connectivity index is 2.07. The Hall–Kier alpha value is -2.10. The van der Waals surface area contributed by atoms with E-state index in [-0.39, 0.29) is 6.04 Å². The van der Waals surface area contributed by atoms with Gasteiger partial charge in [-0.25, -0.2) is 0 Å². The van der Waals surface area contributed by atoms with E-state index >= 15 is 0 Å². The van der Waals surface area contributed by atoms with Gasteiger partial charge in [-0.3, -0.25) is 9.97 Å². The Morgan fingerprint density at radius 1 is 1.11 bits per heavy atom. The van der Waals surface area contributed by atoms with Gasteiger partial charge in [0.1, 0.15) is 0 Å². The Morgan fingerprint density at radius 2 is 1.83 bits per heavy atom. The first-order valence-corrected chi connectivity index (χ1v) is 6.15. The zero-order valence-corrected chi connectivity index (χ0v) is 10.7. The first kappa shape index (κ1) is 12.4. The van der Waals surface area contributed by atoms with Crippen LogP contribution in [0.25, 0.3) is 0 Å². The van der Waals surface area contributed by atoms with Gasteiger partial charge in [0.05, 0.1) is 23.8 Å². The summed E-state index contributed by atoms with van der Waals surface area (Å²) in [5.41, 5.74) is 3.25. The average Bonchev–Trinajstić information content (AvgIpc) is 2.40. The topological polar surface area (TPSA) is 49.8 Å². The van der Waals surface area contributed by atoms with Crippen molar-refractivity contribution in [3.63, 3.8) is 0 Å². The van der Waals surface area contributed by atoms with Gasteiger partial charge in [0.25, 0.3) is 0 Å². The molecule has 0 spiro atoms. The smallest absolute Gasteiger partial charge is 0.0552 e. The van der Waals surface area contributed by atoms with Crippen molar-refractivity contribution in [3.05, 3.63) is 48.5 Å². The molecule has 0 amide bonds. The molecular formula is C14H18N4. The van der Waals surface area contributed by atoms with Crippen LogP contribution in [0.5, 0.6) is 0 Å². The molecule has 18 heavy (non-hydrogen) atoms. The molecule has 0 aliphatic rings. The van der Waals surface area contributed by atoms with Crippen LogP contribution in [0, 0.1) is 0 Å². The molecule has 0 aliphatic heterocycles. The molecule has 0 saturated carbocycles. The standard InChI is InChI=1S/C14H18N4/c1-3-17-13-8-14(10-16-9-13)18-11(2)12-4-6-15-7-5-12/h4-11,17-18H,3H2,1-2H3. The van der Waals surface area contributed by atoms with Gasteiger partial charge in [-0.05, 0) is 37.6 Å². The molecule has 1 atom stereocenters. The van der Waals surface area contributed by atoms with Gasteiger partial charge in [-0.1, -0.05) is 0 Å². The van der Waals surface area contributed by atoms with Crippen molar-refractivity contribution in [3.8, 4) is 0 Å². The van der Waals surface area contributed by atoms with Crippen LogP contribution in [0.1, 0.15) is 25.5 Å². The molecule has 1 unspecified atom stereocenters. The van der Waals surface area contributed by atoms with Crippen molar-refractivity contribution in [2.45, 2.75) is 19.9 Å². The molecule has 0 aliphatic carbocycles. The van der Waals surface area contributed by atoms with E-state index in [1.165, 1.54) is 5.56 Å². The van der Waals surface area contributed by atoms with E-state index in [0.29, 0.717) is 0 Å². The van der Waals surface area contributed by atoms with Crippen LogP contribution in [0.3, 0.4) is 0 Å². The normalized spacial score (nSPS) is 11.9. The summed E-state index contributed by atoms with van der Waals surface area (Å²) in [6.07, 6.45) is 7.27. The Morgan fingerprint density at radius 3 is 2.56 bits per heavy atom. The number of nitrogens with one attached hydrogen (secondary N) is 2. The van der Waals surface area contributed by atoms with Gasteiger partial charge in [0.2, 0.25) is 0 Å². The molecule has 2 heterocycles. The van der Waals surface area contributed by atoms with Crippen LogP contribution in [-0.4, -0.2) is 16.5 Å². The lowest BCUT2D eigenvalue weighted by molar-refractivity contribution is 0.879. The minimum Gasteiger partial charge on any atom is -0.384 e. The Bertz CT molecular complexity index is 484. The predicted molar refractivity (Wildman–Crippen MR) is 74.7 cm³/mol. The highest BCUT2D eigenvalue weighted by Gasteiger charge is 2.05. The van der Waals surface area contributed by atoms with Crippen LogP contribution in [0.4, 0.5) is 11.4 Å². The third kappa shape index (κ3) is 3.20. The maximum absolute atomic E-state index is 4.21. The van der Waals surface area contributed by atoms with Crippen LogP contribution >= 0.6 is 0 Å². The number of anilines is 2. The van der Waals surface area contributed by atoms with Gasteiger partial charge >= 0.3 is 0 Å². The largest absolute Gasteiger partial charge is 0.384 e. The molecule has 0 aromatic carbocycles. The maximum atomic E-state index is 4.21. The zero-order valence-electron chi connectivity index (χ0n) is 10.7.